The first-order valence-corrected chi connectivity index (χ1v) is 6.80. The summed E-state index contributed by atoms with van der Waals surface area (Å²) in [7, 11) is 0. The Labute approximate surface area is 114 Å². The summed E-state index contributed by atoms with van der Waals surface area (Å²) >= 11 is 1.51. The van der Waals surface area contributed by atoms with E-state index in [0.29, 0.717) is 0 Å². The molecule has 5 nitrogen and oxygen atoms in total. The number of rotatable bonds is 2. The lowest BCUT2D eigenvalue weighted by atomic mass is 9.96. The summed E-state index contributed by atoms with van der Waals surface area (Å²) in [5, 5.41) is 13.8. The molecule has 0 aromatic carbocycles. The van der Waals surface area contributed by atoms with Crippen LogP contribution in [-0.4, -0.2) is 19.8 Å². The summed E-state index contributed by atoms with van der Waals surface area (Å²) < 4.78 is 7.06. The van der Waals surface area contributed by atoms with Gasteiger partial charge >= 0.3 is 0 Å². The monoisotopic (exact) mass is 274 g/mol. The van der Waals surface area contributed by atoms with E-state index in [-0.39, 0.29) is 5.41 Å². The van der Waals surface area contributed by atoms with Gasteiger partial charge in [0.15, 0.2) is 5.82 Å². The average Bonchev–Trinajstić information content (AvgIpc) is 3.00. The molecule has 19 heavy (non-hydrogen) atoms. The van der Waals surface area contributed by atoms with Gasteiger partial charge in [-0.2, -0.15) is 9.61 Å². The Hall–Kier alpha value is -1.95. The van der Waals surface area contributed by atoms with Crippen LogP contribution in [-0.2, 0) is 5.41 Å². The second kappa shape index (κ2) is 4.31. The van der Waals surface area contributed by atoms with Gasteiger partial charge in [0.2, 0.25) is 4.96 Å². The van der Waals surface area contributed by atoms with E-state index in [0.717, 1.165) is 21.6 Å². The minimum Gasteiger partial charge on any atom is -0.465 e. The predicted molar refractivity (Wildman–Crippen MR) is 75.0 cm³/mol. The van der Waals surface area contributed by atoms with Gasteiger partial charge in [0.25, 0.3) is 0 Å². The van der Waals surface area contributed by atoms with Gasteiger partial charge in [0, 0.05) is 5.41 Å². The number of furan rings is 1. The molecule has 0 radical (unpaired) electrons. The molecule has 0 fully saturated rings. The van der Waals surface area contributed by atoms with Crippen LogP contribution in [0.5, 0.6) is 0 Å². The first-order valence-electron chi connectivity index (χ1n) is 5.98. The fourth-order valence-electron chi connectivity index (χ4n) is 1.71. The molecule has 0 amide bonds. The van der Waals surface area contributed by atoms with Gasteiger partial charge < -0.3 is 4.42 Å². The highest BCUT2D eigenvalue weighted by molar-refractivity contribution is 7.17. The summed E-state index contributed by atoms with van der Waals surface area (Å²) in [5.74, 6) is 1.68. The first-order chi connectivity index (χ1) is 9.04. The third-order valence-electron chi connectivity index (χ3n) is 2.61. The average molecular weight is 274 g/mol. The molecule has 0 bridgehead atoms. The maximum absolute atomic E-state index is 5.24. The van der Waals surface area contributed by atoms with Crippen molar-refractivity contribution in [3.8, 4) is 0 Å². The Bertz CT molecular complexity index is 716. The van der Waals surface area contributed by atoms with Gasteiger partial charge in [-0.05, 0) is 24.3 Å². The Morgan fingerprint density at radius 2 is 2.11 bits per heavy atom. The molecule has 0 saturated carbocycles. The molecular weight excluding hydrogens is 260 g/mol. The van der Waals surface area contributed by atoms with E-state index in [4.69, 9.17) is 4.42 Å². The van der Waals surface area contributed by atoms with Crippen LogP contribution in [0.2, 0.25) is 0 Å². The van der Waals surface area contributed by atoms with Crippen molar-refractivity contribution < 1.29 is 4.42 Å². The van der Waals surface area contributed by atoms with E-state index in [1.807, 2.05) is 28.8 Å². The Morgan fingerprint density at radius 3 is 2.79 bits per heavy atom. The van der Waals surface area contributed by atoms with E-state index < -0.39 is 0 Å². The van der Waals surface area contributed by atoms with Gasteiger partial charge in [-0.25, -0.2) is 0 Å². The zero-order chi connectivity index (χ0) is 13.5. The summed E-state index contributed by atoms with van der Waals surface area (Å²) in [4.78, 5) is 0.809. The third kappa shape index (κ3) is 2.31. The quantitative estimate of drug-likeness (QED) is 0.719. The molecule has 3 rings (SSSR count). The molecule has 0 saturated heterocycles. The zero-order valence-electron chi connectivity index (χ0n) is 11.0. The minimum atomic E-state index is -0.0739. The van der Waals surface area contributed by atoms with Crippen LogP contribution in [0.1, 0.15) is 37.4 Å². The topological polar surface area (TPSA) is 56.2 Å². The van der Waals surface area contributed by atoms with Crippen molar-refractivity contribution in [2.45, 2.75) is 26.2 Å². The minimum absolute atomic E-state index is 0.0739. The Morgan fingerprint density at radius 1 is 1.26 bits per heavy atom. The maximum Gasteiger partial charge on any atom is 0.234 e. The molecule has 0 N–H and O–H groups in total. The smallest absolute Gasteiger partial charge is 0.234 e. The predicted octanol–water partition coefficient (Wildman–Crippen LogP) is 3.25. The standard InChI is InChI=1S/C13H14N4OS/c1-13(2,3)11-14-15-12-17(11)16-10(19-12)7-6-9-5-4-8-18-9/h4-8H,1-3H3/b7-6-. The number of fused-ring (bicyclic) bond motifs is 1. The lowest BCUT2D eigenvalue weighted by Crippen LogP contribution is -2.16. The van der Waals surface area contributed by atoms with Crippen molar-refractivity contribution in [2.75, 3.05) is 0 Å². The SMILES string of the molecule is CC(C)(C)c1nnc2sc(/C=C\c3ccco3)nn12. The van der Waals surface area contributed by atoms with Gasteiger partial charge in [-0.15, -0.1) is 10.2 Å². The van der Waals surface area contributed by atoms with Crippen molar-refractivity contribution in [3.05, 3.63) is 35.0 Å². The molecule has 0 aliphatic rings. The molecule has 0 aliphatic carbocycles. The molecule has 98 valence electrons. The third-order valence-corrected chi connectivity index (χ3v) is 3.47. The molecule has 3 aromatic heterocycles. The molecule has 6 heteroatoms. The molecule has 3 heterocycles. The Kier molecular flexibility index (Phi) is 2.74. The number of nitrogens with zero attached hydrogens (tertiary/aromatic N) is 4. The van der Waals surface area contributed by atoms with Gasteiger partial charge in [0.1, 0.15) is 10.8 Å². The highest BCUT2D eigenvalue weighted by Gasteiger charge is 2.22. The van der Waals surface area contributed by atoms with Crippen LogP contribution in [0.25, 0.3) is 17.1 Å². The van der Waals surface area contributed by atoms with Crippen molar-refractivity contribution in [1.82, 2.24) is 19.8 Å². The van der Waals surface area contributed by atoms with Crippen molar-refractivity contribution in [1.29, 1.82) is 0 Å². The lowest BCUT2D eigenvalue weighted by molar-refractivity contribution is 0.527. The molecule has 0 aliphatic heterocycles. The second-order valence-corrected chi connectivity index (χ2v) is 6.24. The van der Waals surface area contributed by atoms with E-state index in [2.05, 4.69) is 36.1 Å². The first kappa shape index (κ1) is 12.1. The summed E-state index contributed by atoms with van der Waals surface area (Å²) in [6, 6.07) is 3.76. The zero-order valence-corrected chi connectivity index (χ0v) is 11.8. The highest BCUT2D eigenvalue weighted by Crippen LogP contribution is 2.24. The van der Waals surface area contributed by atoms with E-state index in [1.165, 1.54) is 11.3 Å². The van der Waals surface area contributed by atoms with Crippen LogP contribution in [0, 0.1) is 0 Å². The molecule has 0 unspecified atom stereocenters. The highest BCUT2D eigenvalue weighted by atomic mass is 32.1. The fourth-order valence-corrected chi connectivity index (χ4v) is 2.45. The van der Waals surface area contributed by atoms with Crippen LogP contribution in [0.15, 0.2) is 22.8 Å². The summed E-state index contributed by atoms with van der Waals surface area (Å²) in [5.41, 5.74) is -0.0739. The van der Waals surface area contributed by atoms with E-state index in [9.17, 15) is 0 Å². The van der Waals surface area contributed by atoms with Crippen molar-refractivity contribution in [2.24, 2.45) is 0 Å². The van der Waals surface area contributed by atoms with Crippen LogP contribution < -0.4 is 0 Å². The summed E-state index contributed by atoms with van der Waals surface area (Å²) in [6.07, 6.45) is 5.46. The number of hydrogen-bond acceptors (Lipinski definition) is 5. The second-order valence-electron chi connectivity index (χ2n) is 5.26. The van der Waals surface area contributed by atoms with Gasteiger partial charge in [0.05, 0.1) is 6.26 Å². The molecule has 0 spiro atoms. The fraction of sp³-hybridized carbons (Fsp3) is 0.308. The molecular formula is C13H14N4OS. The van der Waals surface area contributed by atoms with Gasteiger partial charge in [-0.1, -0.05) is 32.1 Å². The summed E-state index contributed by atoms with van der Waals surface area (Å²) in [6.45, 7) is 6.30. The van der Waals surface area contributed by atoms with Crippen LogP contribution in [0.3, 0.4) is 0 Å². The molecule has 0 atom stereocenters. The van der Waals surface area contributed by atoms with E-state index in [1.54, 1.807) is 6.26 Å². The number of hydrogen-bond donors (Lipinski definition) is 0. The van der Waals surface area contributed by atoms with Crippen molar-refractivity contribution >= 4 is 28.4 Å². The molecule has 3 aromatic rings. The van der Waals surface area contributed by atoms with E-state index >= 15 is 0 Å². The number of aromatic nitrogens is 4. The maximum atomic E-state index is 5.24. The van der Waals surface area contributed by atoms with Crippen molar-refractivity contribution in [3.63, 3.8) is 0 Å². The van der Waals surface area contributed by atoms with Gasteiger partial charge in [-0.3, -0.25) is 0 Å². The van der Waals surface area contributed by atoms with Crippen LogP contribution in [0.4, 0.5) is 0 Å². The largest absolute Gasteiger partial charge is 0.465 e. The normalized spacial score (nSPS) is 12.8. The lowest BCUT2D eigenvalue weighted by Gasteiger charge is -2.13. The Balaban J connectivity index is 1.96. The van der Waals surface area contributed by atoms with Crippen LogP contribution >= 0.6 is 11.3 Å².